The number of nitrogens with one attached hydrogen (secondary N) is 2. The molecule has 0 saturated heterocycles. The van der Waals surface area contributed by atoms with Gasteiger partial charge in [-0.15, -0.1) is 0 Å². The van der Waals surface area contributed by atoms with Crippen molar-refractivity contribution >= 4 is 23.8 Å². The van der Waals surface area contributed by atoms with Gasteiger partial charge in [0.15, 0.2) is 0 Å². The average molecular weight is 228 g/mol. The van der Waals surface area contributed by atoms with Crippen LogP contribution in [-0.2, 0) is 0 Å². The molecule has 0 unspecified atom stereocenters. The first-order valence-corrected chi connectivity index (χ1v) is 4.63. The first-order chi connectivity index (χ1) is 6.70. The van der Waals surface area contributed by atoms with Crippen LogP contribution >= 0.6 is 23.8 Å². The maximum absolute atomic E-state index is 11.3. The third-order valence-electron chi connectivity index (χ3n) is 1.78. The first kappa shape index (κ1) is 9.23. The largest absolute Gasteiger partial charge is 0.347 e. The Balaban J connectivity index is 2.79. The van der Waals surface area contributed by atoms with E-state index < -0.39 is 0 Å². The van der Waals surface area contributed by atoms with Crippen LogP contribution in [0.5, 0.6) is 0 Å². The van der Waals surface area contributed by atoms with Crippen LogP contribution in [0.25, 0.3) is 5.69 Å². The minimum absolute atomic E-state index is 0.295. The fourth-order valence-corrected chi connectivity index (χ4v) is 1.62. The summed E-state index contributed by atoms with van der Waals surface area (Å²) >= 11 is 10.9. The Morgan fingerprint density at radius 1 is 1.29 bits per heavy atom. The van der Waals surface area contributed by atoms with Crippen molar-refractivity contribution in [2.45, 2.75) is 0 Å². The van der Waals surface area contributed by atoms with Gasteiger partial charge in [-0.1, -0.05) is 23.7 Å². The standard InChI is InChI=1S/C8H6ClN3OS/c9-5-3-1-2-4-6(5)12-7(13)10-11-8(12)14/h1-4H,(H,10,13)(H,11,14). The second-order valence-electron chi connectivity index (χ2n) is 2.65. The number of hydrogen-bond donors (Lipinski definition) is 2. The average Bonchev–Trinajstić information content (AvgIpc) is 2.48. The zero-order chi connectivity index (χ0) is 10.1. The first-order valence-electron chi connectivity index (χ1n) is 3.85. The van der Waals surface area contributed by atoms with Crippen LogP contribution in [0.1, 0.15) is 0 Å². The smallest absolute Gasteiger partial charge is 0.272 e. The lowest BCUT2D eigenvalue weighted by Crippen LogP contribution is -2.15. The third kappa shape index (κ3) is 1.40. The van der Waals surface area contributed by atoms with Gasteiger partial charge in [-0.3, -0.25) is 5.10 Å². The minimum atomic E-state index is -0.330. The molecule has 0 spiro atoms. The van der Waals surface area contributed by atoms with Gasteiger partial charge in [0.05, 0.1) is 10.7 Å². The van der Waals surface area contributed by atoms with Gasteiger partial charge < -0.3 is 0 Å². The molecule has 72 valence electrons. The van der Waals surface area contributed by atoms with Crippen molar-refractivity contribution in [2.24, 2.45) is 0 Å². The highest BCUT2D eigenvalue weighted by Gasteiger charge is 2.06. The van der Waals surface area contributed by atoms with Crippen LogP contribution in [0.15, 0.2) is 29.1 Å². The van der Waals surface area contributed by atoms with Crippen molar-refractivity contribution < 1.29 is 0 Å². The van der Waals surface area contributed by atoms with Crippen molar-refractivity contribution in [1.29, 1.82) is 0 Å². The lowest BCUT2D eigenvalue weighted by atomic mass is 10.3. The molecule has 1 aromatic heterocycles. The zero-order valence-corrected chi connectivity index (χ0v) is 8.52. The van der Waals surface area contributed by atoms with Crippen molar-refractivity contribution in [2.75, 3.05) is 0 Å². The molecule has 2 rings (SSSR count). The summed E-state index contributed by atoms with van der Waals surface area (Å²) in [7, 11) is 0. The van der Waals surface area contributed by atoms with Crippen molar-refractivity contribution in [3.63, 3.8) is 0 Å². The number of halogens is 1. The zero-order valence-electron chi connectivity index (χ0n) is 6.95. The Kier molecular flexibility index (Phi) is 2.26. The summed E-state index contributed by atoms with van der Waals surface area (Å²) in [5, 5.41) is 5.41. The van der Waals surface area contributed by atoms with Gasteiger partial charge in [0.2, 0.25) is 4.77 Å². The van der Waals surface area contributed by atoms with E-state index in [0.29, 0.717) is 15.5 Å². The second kappa shape index (κ2) is 3.43. The normalized spacial score (nSPS) is 10.4. The second-order valence-corrected chi connectivity index (χ2v) is 3.44. The van der Waals surface area contributed by atoms with E-state index in [1.807, 2.05) is 0 Å². The van der Waals surface area contributed by atoms with E-state index in [1.165, 1.54) is 4.57 Å². The maximum Gasteiger partial charge on any atom is 0.347 e. The highest BCUT2D eigenvalue weighted by atomic mass is 35.5. The summed E-state index contributed by atoms with van der Waals surface area (Å²) in [6.07, 6.45) is 0. The Morgan fingerprint density at radius 3 is 2.57 bits per heavy atom. The quantitative estimate of drug-likeness (QED) is 0.731. The van der Waals surface area contributed by atoms with Crippen LogP contribution in [-0.4, -0.2) is 14.8 Å². The van der Waals surface area contributed by atoms with Gasteiger partial charge in [-0.2, -0.15) is 0 Å². The molecule has 0 bridgehead atoms. The highest BCUT2D eigenvalue weighted by molar-refractivity contribution is 7.71. The predicted octanol–water partition coefficient (Wildman–Crippen LogP) is 1.88. The molecule has 6 heteroatoms. The Labute approximate surface area is 89.1 Å². The van der Waals surface area contributed by atoms with E-state index in [9.17, 15) is 4.79 Å². The molecule has 1 heterocycles. The summed E-state index contributed by atoms with van der Waals surface area (Å²) in [5.41, 5.74) is 0.241. The maximum atomic E-state index is 11.3. The number of rotatable bonds is 1. The van der Waals surface area contributed by atoms with Crippen molar-refractivity contribution in [1.82, 2.24) is 14.8 Å². The van der Waals surface area contributed by atoms with Gasteiger partial charge in [0, 0.05) is 0 Å². The molecule has 14 heavy (non-hydrogen) atoms. The molecule has 0 aliphatic rings. The molecule has 0 amide bonds. The van der Waals surface area contributed by atoms with E-state index >= 15 is 0 Å². The van der Waals surface area contributed by atoms with E-state index in [1.54, 1.807) is 24.3 Å². The molecule has 0 aliphatic carbocycles. The van der Waals surface area contributed by atoms with Gasteiger partial charge in [-0.05, 0) is 24.4 Å². The third-order valence-corrected chi connectivity index (χ3v) is 2.38. The number of para-hydroxylation sites is 1. The number of H-pyrrole nitrogens is 2. The summed E-state index contributed by atoms with van der Waals surface area (Å²) in [5.74, 6) is 0. The lowest BCUT2D eigenvalue weighted by Gasteiger charge is -2.01. The van der Waals surface area contributed by atoms with Crippen LogP contribution in [0.3, 0.4) is 0 Å². The molecular formula is C8H6ClN3OS. The number of nitrogens with zero attached hydrogens (tertiary/aromatic N) is 1. The molecular weight excluding hydrogens is 222 g/mol. The van der Waals surface area contributed by atoms with Gasteiger partial charge in [0.1, 0.15) is 0 Å². The van der Waals surface area contributed by atoms with Gasteiger partial charge in [-0.25, -0.2) is 14.5 Å². The van der Waals surface area contributed by atoms with E-state index in [4.69, 9.17) is 23.8 Å². The van der Waals surface area contributed by atoms with E-state index in [0.717, 1.165) is 0 Å². The summed E-state index contributed by atoms with van der Waals surface area (Å²) < 4.78 is 1.60. The SMILES string of the molecule is O=c1[nH][nH]c(=S)n1-c1ccccc1Cl. The Hall–Kier alpha value is -1.33. The summed E-state index contributed by atoms with van der Waals surface area (Å²) in [4.78, 5) is 11.3. The van der Waals surface area contributed by atoms with E-state index in [-0.39, 0.29) is 5.69 Å². The Bertz CT molecular complexity index is 541. The molecule has 1 aromatic carbocycles. The molecule has 4 nitrogen and oxygen atoms in total. The van der Waals surface area contributed by atoms with Gasteiger partial charge >= 0.3 is 5.69 Å². The number of aromatic amines is 2. The molecule has 2 N–H and O–H groups in total. The monoisotopic (exact) mass is 227 g/mol. The van der Waals surface area contributed by atoms with Crippen LogP contribution in [0, 0.1) is 4.77 Å². The minimum Gasteiger partial charge on any atom is -0.272 e. The molecule has 2 aromatic rings. The Morgan fingerprint density at radius 2 is 2.00 bits per heavy atom. The van der Waals surface area contributed by atoms with Crippen LogP contribution < -0.4 is 5.69 Å². The topological polar surface area (TPSA) is 53.6 Å². The molecule has 0 fully saturated rings. The highest BCUT2D eigenvalue weighted by Crippen LogP contribution is 2.17. The summed E-state index contributed by atoms with van der Waals surface area (Å²) in [6.45, 7) is 0. The van der Waals surface area contributed by atoms with Crippen LogP contribution in [0.4, 0.5) is 0 Å². The van der Waals surface area contributed by atoms with Gasteiger partial charge in [0.25, 0.3) is 0 Å². The number of hydrogen-bond acceptors (Lipinski definition) is 2. The molecule has 0 atom stereocenters. The lowest BCUT2D eigenvalue weighted by molar-refractivity contribution is 0.976. The van der Waals surface area contributed by atoms with E-state index in [2.05, 4.69) is 10.2 Å². The van der Waals surface area contributed by atoms with Crippen molar-refractivity contribution in [3.05, 3.63) is 44.5 Å². The molecule has 0 aliphatic heterocycles. The molecule has 0 saturated carbocycles. The fraction of sp³-hybridized carbons (Fsp3) is 0. The predicted molar refractivity (Wildman–Crippen MR) is 56.6 cm³/mol. The van der Waals surface area contributed by atoms with Crippen molar-refractivity contribution in [3.8, 4) is 5.69 Å². The number of benzene rings is 1. The van der Waals surface area contributed by atoms with Crippen LogP contribution in [0.2, 0.25) is 5.02 Å². The number of aromatic nitrogens is 3. The summed E-state index contributed by atoms with van der Waals surface area (Å²) in [6, 6.07) is 7.00. The molecule has 0 radical (unpaired) electrons. The fourth-order valence-electron chi connectivity index (χ4n) is 1.16.